The van der Waals surface area contributed by atoms with Crippen molar-refractivity contribution < 1.29 is 8.42 Å². The fourth-order valence-corrected chi connectivity index (χ4v) is 3.67. The van der Waals surface area contributed by atoms with Crippen LogP contribution in [0.2, 0.25) is 0 Å². The fourth-order valence-electron chi connectivity index (χ4n) is 2.45. The number of sulfonamides is 1. The summed E-state index contributed by atoms with van der Waals surface area (Å²) in [5, 5.41) is 0. The van der Waals surface area contributed by atoms with Crippen molar-refractivity contribution in [3.05, 3.63) is 18.0 Å². The van der Waals surface area contributed by atoms with Gasteiger partial charge < -0.3 is 10.7 Å². The van der Waals surface area contributed by atoms with Crippen molar-refractivity contribution in [1.29, 1.82) is 0 Å². The average Bonchev–Trinajstić information content (AvgIpc) is 2.96. The van der Waals surface area contributed by atoms with E-state index in [-0.39, 0.29) is 10.3 Å². The van der Waals surface area contributed by atoms with Crippen molar-refractivity contribution in [2.45, 2.75) is 44.0 Å². The van der Waals surface area contributed by atoms with E-state index in [0.717, 1.165) is 18.5 Å². The van der Waals surface area contributed by atoms with E-state index >= 15 is 0 Å². The van der Waals surface area contributed by atoms with Gasteiger partial charge in [0.05, 0.1) is 4.90 Å². The maximum atomic E-state index is 12.1. The number of aromatic nitrogens is 1. The first-order valence-corrected chi connectivity index (χ1v) is 7.81. The molecule has 1 fully saturated rings. The van der Waals surface area contributed by atoms with Crippen molar-refractivity contribution in [2.75, 3.05) is 6.54 Å². The second kappa shape index (κ2) is 5.03. The van der Waals surface area contributed by atoms with Crippen LogP contribution in [0.15, 0.2) is 17.2 Å². The minimum atomic E-state index is -3.41. The van der Waals surface area contributed by atoms with Crippen molar-refractivity contribution in [2.24, 2.45) is 11.1 Å². The Balaban J connectivity index is 2.03. The van der Waals surface area contributed by atoms with E-state index in [4.69, 9.17) is 5.73 Å². The summed E-state index contributed by atoms with van der Waals surface area (Å²) in [6.45, 7) is 2.97. The van der Waals surface area contributed by atoms with E-state index in [1.54, 1.807) is 6.07 Å². The van der Waals surface area contributed by atoms with Crippen LogP contribution in [0.25, 0.3) is 0 Å². The van der Waals surface area contributed by atoms with Crippen LogP contribution in [-0.2, 0) is 16.6 Å². The van der Waals surface area contributed by atoms with Gasteiger partial charge in [-0.2, -0.15) is 0 Å². The second-order valence-electron chi connectivity index (χ2n) is 5.41. The minimum absolute atomic E-state index is 0.111. The average molecular weight is 271 g/mol. The molecule has 0 atom stereocenters. The zero-order valence-corrected chi connectivity index (χ0v) is 11.5. The van der Waals surface area contributed by atoms with Crippen LogP contribution in [-0.4, -0.2) is 19.9 Å². The molecular weight excluding hydrogens is 250 g/mol. The Morgan fingerprint density at radius 1 is 1.44 bits per heavy atom. The van der Waals surface area contributed by atoms with Gasteiger partial charge in [-0.3, -0.25) is 0 Å². The van der Waals surface area contributed by atoms with Gasteiger partial charge in [0.2, 0.25) is 10.0 Å². The number of nitrogens with two attached hydrogens (primary N) is 1. The van der Waals surface area contributed by atoms with Crippen LogP contribution in [0.4, 0.5) is 0 Å². The monoisotopic (exact) mass is 271 g/mol. The molecule has 6 heteroatoms. The number of aromatic amines is 1. The molecule has 0 radical (unpaired) electrons. The Hall–Kier alpha value is -0.850. The summed E-state index contributed by atoms with van der Waals surface area (Å²) in [4.78, 5) is 3.12. The van der Waals surface area contributed by atoms with Crippen LogP contribution >= 0.6 is 0 Å². The van der Waals surface area contributed by atoms with Crippen LogP contribution in [0, 0.1) is 5.41 Å². The summed E-state index contributed by atoms with van der Waals surface area (Å²) in [6, 6.07) is 1.58. The number of hydrogen-bond donors (Lipinski definition) is 3. The standard InChI is InChI=1S/C12H21N3O2S/c1-12(4-2-3-5-12)9-15-18(16,17)11-6-10(7-13)14-8-11/h6,8,14-15H,2-5,7,9,13H2,1H3. The number of hydrogen-bond acceptors (Lipinski definition) is 3. The summed E-state index contributed by atoms with van der Waals surface area (Å²) >= 11 is 0. The first-order chi connectivity index (χ1) is 8.45. The highest BCUT2D eigenvalue weighted by molar-refractivity contribution is 7.89. The van der Waals surface area contributed by atoms with E-state index in [9.17, 15) is 8.42 Å². The molecule has 1 aromatic heterocycles. The first kappa shape index (κ1) is 13.6. The molecule has 1 saturated carbocycles. The largest absolute Gasteiger partial charge is 0.363 e. The molecule has 1 aliphatic rings. The normalized spacial score (nSPS) is 19.2. The molecule has 0 aliphatic heterocycles. The van der Waals surface area contributed by atoms with Crippen molar-refractivity contribution in [3.8, 4) is 0 Å². The zero-order valence-electron chi connectivity index (χ0n) is 10.7. The molecule has 1 heterocycles. The Morgan fingerprint density at radius 2 is 2.11 bits per heavy atom. The molecule has 5 nitrogen and oxygen atoms in total. The molecule has 1 aromatic rings. The summed E-state index contributed by atoms with van der Waals surface area (Å²) in [7, 11) is -3.41. The lowest BCUT2D eigenvalue weighted by Crippen LogP contribution is -2.33. The van der Waals surface area contributed by atoms with E-state index in [0.29, 0.717) is 13.1 Å². The predicted molar refractivity (Wildman–Crippen MR) is 70.4 cm³/mol. The maximum Gasteiger partial charge on any atom is 0.242 e. The summed E-state index contributed by atoms with van der Waals surface area (Å²) in [6.07, 6.45) is 6.06. The van der Waals surface area contributed by atoms with Gasteiger partial charge in [-0.05, 0) is 24.3 Å². The van der Waals surface area contributed by atoms with Crippen LogP contribution in [0.5, 0.6) is 0 Å². The van der Waals surface area contributed by atoms with Crippen LogP contribution < -0.4 is 10.5 Å². The third-order valence-electron chi connectivity index (χ3n) is 3.75. The minimum Gasteiger partial charge on any atom is -0.363 e. The van der Waals surface area contributed by atoms with Gasteiger partial charge in [0.1, 0.15) is 0 Å². The van der Waals surface area contributed by atoms with Crippen molar-refractivity contribution >= 4 is 10.0 Å². The lowest BCUT2D eigenvalue weighted by atomic mass is 9.89. The van der Waals surface area contributed by atoms with Gasteiger partial charge in [-0.25, -0.2) is 13.1 Å². The SMILES string of the molecule is CC1(CNS(=O)(=O)c2c[nH]c(CN)c2)CCCC1. The number of rotatable bonds is 5. The number of nitrogens with one attached hydrogen (secondary N) is 2. The maximum absolute atomic E-state index is 12.1. The molecule has 0 unspecified atom stereocenters. The van der Waals surface area contributed by atoms with Gasteiger partial charge in [0, 0.05) is 25.0 Å². The van der Waals surface area contributed by atoms with E-state index < -0.39 is 10.0 Å². The van der Waals surface area contributed by atoms with Crippen LogP contribution in [0.1, 0.15) is 38.3 Å². The third-order valence-corrected chi connectivity index (χ3v) is 5.13. The second-order valence-corrected chi connectivity index (χ2v) is 7.17. The zero-order chi connectivity index (χ0) is 13.2. The van der Waals surface area contributed by atoms with Crippen LogP contribution in [0.3, 0.4) is 0 Å². The summed E-state index contributed by atoms with van der Waals surface area (Å²) in [5.41, 5.74) is 6.29. The number of H-pyrrole nitrogens is 1. The van der Waals surface area contributed by atoms with Crippen molar-refractivity contribution in [3.63, 3.8) is 0 Å². The van der Waals surface area contributed by atoms with Gasteiger partial charge in [-0.1, -0.05) is 19.8 Å². The lowest BCUT2D eigenvalue weighted by Gasteiger charge is -2.23. The molecule has 0 bridgehead atoms. The Kier molecular flexibility index (Phi) is 3.79. The molecular formula is C12H21N3O2S. The highest BCUT2D eigenvalue weighted by Gasteiger charge is 2.30. The van der Waals surface area contributed by atoms with Crippen molar-refractivity contribution in [1.82, 2.24) is 9.71 Å². The Bertz CT molecular complexity index is 501. The molecule has 0 aromatic carbocycles. The predicted octanol–water partition coefficient (Wildman–Crippen LogP) is 1.33. The molecule has 0 amide bonds. The van der Waals surface area contributed by atoms with Gasteiger partial charge in [0.25, 0.3) is 0 Å². The topological polar surface area (TPSA) is 88.0 Å². The molecule has 102 valence electrons. The van der Waals surface area contributed by atoms with E-state index in [2.05, 4.69) is 16.6 Å². The highest BCUT2D eigenvalue weighted by Crippen LogP contribution is 2.36. The van der Waals surface area contributed by atoms with Gasteiger partial charge in [0.15, 0.2) is 0 Å². The van der Waals surface area contributed by atoms with E-state index in [1.165, 1.54) is 19.0 Å². The van der Waals surface area contributed by atoms with Gasteiger partial charge >= 0.3 is 0 Å². The highest BCUT2D eigenvalue weighted by atomic mass is 32.2. The Morgan fingerprint density at radius 3 is 2.67 bits per heavy atom. The molecule has 2 rings (SSSR count). The Labute approximate surface area is 108 Å². The summed E-state index contributed by atoms with van der Waals surface area (Å²) < 4.78 is 26.9. The van der Waals surface area contributed by atoms with E-state index in [1.807, 2.05) is 0 Å². The molecule has 0 saturated heterocycles. The summed E-state index contributed by atoms with van der Waals surface area (Å²) in [5.74, 6) is 0. The quantitative estimate of drug-likeness (QED) is 0.755. The molecule has 4 N–H and O–H groups in total. The molecule has 1 aliphatic carbocycles. The molecule has 18 heavy (non-hydrogen) atoms. The first-order valence-electron chi connectivity index (χ1n) is 6.32. The third kappa shape index (κ3) is 2.93. The fraction of sp³-hybridized carbons (Fsp3) is 0.667. The smallest absolute Gasteiger partial charge is 0.242 e. The lowest BCUT2D eigenvalue weighted by molar-refractivity contribution is 0.336. The molecule has 0 spiro atoms. The van der Waals surface area contributed by atoms with Gasteiger partial charge in [-0.15, -0.1) is 0 Å².